The number of carbonyl (C=O) groups excluding carboxylic acids is 1. The van der Waals surface area contributed by atoms with Crippen LogP contribution in [-0.2, 0) is 16.1 Å². The molecule has 0 amide bonds. The Labute approximate surface area is 109 Å². The van der Waals surface area contributed by atoms with E-state index < -0.39 is 0 Å². The first-order valence-electron chi connectivity index (χ1n) is 5.12. The van der Waals surface area contributed by atoms with Crippen LogP contribution in [0.25, 0.3) is 0 Å². The standard InChI is InChI=1S/C10H16IN3O2/c1-16-10(15)9(11)7-12-3-2-5-14-6-4-13-8-14/h4,6,8-9,12H,2-3,5,7H2,1H3. The molecule has 1 rings (SSSR count). The van der Waals surface area contributed by atoms with Gasteiger partial charge in [-0.25, -0.2) is 4.98 Å². The summed E-state index contributed by atoms with van der Waals surface area (Å²) in [5, 5.41) is 3.22. The molecule has 0 saturated carbocycles. The van der Waals surface area contributed by atoms with Crippen molar-refractivity contribution in [1.29, 1.82) is 0 Å². The Morgan fingerprint density at radius 2 is 2.50 bits per heavy atom. The molecule has 6 heteroatoms. The van der Waals surface area contributed by atoms with Crippen LogP contribution in [0.5, 0.6) is 0 Å². The number of halogens is 1. The van der Waals surface area contributed by atoms with Crippen molar-refractivity contribution in [3.63, 3.8) is 0 Å². The second kappa shape index (κ2) is 7.61. The summed E-state index contributed by atoms with van der Waals surface area (Å²) in [7, 11) is 1.41. The van der Waals surface area contributed by atoms with Gasteiger partial charge in [-0.15, -0.1) is 0 Å². The smallest absolute Gasteiger partial charge is 0.319 e. The summed E-state index contributed by atoms with van der Waals surface area (Å²) in [5.41, 5.74) is 0. The summed E-state index contributed by atoms with van der Waals surface area (Å²) in [4.78, 5) is 15.0. The Hall–Kier alpha value is -0.630. The van der Waals surface area contributed by atoms with Crippen molar-refractivity contribution >= 4 is 28.6 Å². The Balaban J connectivity index is 2.02. The molecule has 0 fully saturated rings. The van der Waals surface area contributed by atoms with E-state index in [-0.39, 0.29) is 9.89 Å². The number of nitrogens with zero attached hydrogens (tertiary/aromatic N) is 2. The van der Waals surface area contributed by atoms with Gasteiger partial charge in [-0.05, 0) is 13.0 Å². The van der Waals surface area contributed by atoms with Crippen LogP contribution in [0.15, 0.2) is 18.7 Å². The van der Waals surface area contributed by atoms with Crippen LogP contribution in [0.4, 0.5) is 0 Å². The minimum absolute atomic E-state index is 0.115. The molecule has 5 nitrogen and oxygen atoms in total. The molecule has 1 heterocycles. The predicted octanol–water partition coefficient (Wildman–Crippen LogP) is 0.839. The fourth-order valence-corrected chi connectivity index (χ4v) is 1.81. The van der Waals surface area contributed by atoms with E-state index in [1.807, 2.05) is 10.8 Å². The number of alkyl halides is 1. The molecule has 1 aromatic rings. The monoisotopic (exact) mass is 337 g/mol. The average molecular weight is 337 g/mol. The number of aromatic nitrogens is 2. The predicted molar refractivity (Wildman–Crippen MR) is 69.5 cm³/mol. The SMILES string of the molecule is COC(=O)C(I)CNCCCn1ccnc1. The van der Waals surface area contributed by atoms with E-state index in [1.165, 1.54) is 7.11 Å². The van der Waals surface area contributed by atoms with Crippen LogP contribution in [-0.4, -0.2) is 39.6 Å². The fraction of sp³-hybridized carbons (Fsp3) is 0.600. The Bertz CT molecular complexity index is 303. The number of methoxy groups -OCH3 is 1. The van der Waals surface area contributed by atoms with E-state index in [4.69, 9.17) is 0 Å². The molecule has 0 aliphatic carbocycles. The van der Waals surface area contributed by atoms with Crippen molar-refractivity contribution in [2.24, 2.45) is 0 Å². The van der Waals surface area contributed by atoms with Crippen LogP contribution < -0.4 is 5.32 Å². The average Bonchev–Trinajstić information content (AvgIpc) is 2.80. The number of carbonyl (C=O) groups is 1. The molecular formula is C10H16IN3O2. The zero-order valence-corrected chi connectivity index (χ0v) is 11.4. The molecule has 0 spiro atoms. The number of hydrogen-bond acceptors (Lipinski definition) is 4. The third-order valence-corrected chi connectivity index (χ3v) is 3.06. The first-order valence-corrected chi connectivity index (χ1v) is 6.37. The van der Waals surface area contributed by atoms with Gasteiger partial charge in [0.25, 0.3) is 0 Å². The lowest BCUT2D eigenvalue weighted by Gasteiger charge is -2.09. The summed E-state index contributed by atoms with van der Waals surface area (Å²) < 4.78 is 6.55. The molecule has 0 radical (unpaired) electrons. The minimum atomic E-state index is -0.178. The van der Waals surface area contributed by atoms with Gasteiger partial charge in [0.15, 0.2) is 0 Å². The van der Waals surface area contributed by atoms with Gasteiger partial charge >= 0.3 is 5.97 Å². The van der Waals surface area contributed by atoms with E-state index in [0.29, 0.717) is 6.54 Å². The first-order chi connectivity index (χ1) is 7.74. The van der Waals surface area contributed by atoms with Crippen molar-refractivity contribution in [2.45, 2.75) is 16.9 Å². The van der Waals surface area contributed by atoms with Crippen LogP contribution in [0.1, 0.15) is 6.42 Å². The maximum atomic E-state index is 11.1. The van der Waals surface area contributed by atoms with Gasteiger partial charge in [-0.3, -0.25) is 4.79 Å². The number of esters is 1. The lowest BCUT2D eigenvalue weighted by Crippen LogP contribution is -2.30. The van der Waals surface area contributed by atoms with Gasteiger partial charge in [0.05, 0.1) is 13.4 Å². The Morgan fingerprint density at radius 3 is 3.12 bits per heavy atom. The highest BCUT2D eigenvalue weighted by molar-refractivity contribution is 14.1. The van der Waals surface area contributed by atoms with Crippen molar-refractivity contribution in [3.8, 4) is 0 Å². The van der Waals surface area contributed by atoms with Crippen molar-refractivity contribution in [1.82, 2.24) is 14.9 Å². The van der Waals surface area contributed by atoms with Gasteiger partial charge in [-0.2, -0.15) is 0 Å². The van der Waals surface area contributed by atoms with Gasteiger partial charge < -0.3 is 14.6 Å². The summed E-state index contributed by atoms with van der Waals surface area (Å²) in [6, 6.07) is 0. The second-order valence-electron chi connectivity index (χ2n) is 3.35. The van der Waals surface area contributed by atoms with Crippen LogP contribution >= 0.6 is 22.6 Å². The molecule has 1 atom stereocenters. The minimum Gasteiger partial charge on any atom is -0.468 e. The topological polar surface area (TPSA) is 56.1 Å². The molecule has 0 saturated heterocycles. The van der Waals surface area contributed by atoms with E-state index in [9.17, 15) is 4.79 Å². The maximum Gasteiger partial charge on any atom is 0.319 e. The maximum absolute atomic E-state index is 11.1. The molecule has 1 N–H and O–H groups in total. The molecule has 1 unspecified atom stereocenters. The first kappa shape index (κ1) is 13.4. The zero-order valence-electron chi connectivity index (χ0n) is 9.23. The second-order valence-corrected chi connectivity index (χ2v) is 4.85. The quantitative estimate of drug-likeness (QED) is 0.347. The van der Waals surface area contributed by atoms with Crippen molar-refractivity contribution in [3.05, 3.63) is 18.7 Å². The third kappa shape index (κ3) is 4.93. The van der Waals surface area contributed by atoms with E-state index in [2.05, 4.69) is 37.6 Å². The highest BCUT2D eigenvalue weighted by atomic mass is 127. The number of imidazole rings is 1. The Morgan fingerprint density at radius 1 is 1.69 bits per heavy atom. The Kier molecular flexibility index (Phi) is 6.39. The molecule has 0 bridgehead atoms. The highest BCUT2D eigenvalue weighted by Gasteiger charge is 2.13. The van der Waals surface area contributed by atoms with Gasteiger partial charge in [0.1, 0.15) is 3.92 Å². The molecule has 0 aliphatic heterocycles. The summed E-state index contributed by atoms with van der Waals surface area (Å²) in [6.45, 7) is 2.48. The van der Waals surface area contributed by atoms with Gasteiger partial charge in [-0.1, -0.05) is 22.6 Å². The number of rotatable bonds is 7. The molecular weight excluding hydrogens is 321 g/mol. The molecule has 1 aromatic heterocycles. The summed E-state index contributed by atoms with van der Waals surface area (Å²) in [5.74, 6) is -0.178. The zero-order chi connectivity index (χ0) is 11.8. The van der Waals surface area contributed by atoms with Crippen LogP contribution in [0.2, 0.25) is 0 Å². The molecule has 90 valence electrons. The lowest BCUT2D eigenvalue weighted by atomic mass is 10.4. The van der Waals surface area contributed by atoms with Crippen LogP contribution in [0.3, 0.4) is 0 Å². The summed E-state index contributed by atoms with van der Waals surface area (Å²) >= 11 is 2.08. The van der Waals surface area contributed by atoms with E-state index in [0.717, 1.165) is 19.5 Å². The number of ether oxygens (including phenoxy) is 1. The molecule has 0 aromatic carbocycles. The molecule has 0 aliphatic rings. The fourth-order valence-electron chi connectivity index (χ4n) is 1.25. The van der Waals surface area contributed by atoms with Crippen molar-refractivity contribution in [2.75, 3.05) is 20.2 Å². The largest absolute Gasteiger partial charge is 0.468 e. The normalized spacial score (nSPS) is 12.4. The number of aryl methyl sites for hydroxylation is 1. The summed E-state index contributed by atoms with van der Waals surface area (Å²) in [6.07, 6.45) is 6.53. The highest BCUT2D eigenvalue weighted by Crippen LogP contribution is 2.00. The molecule has 16 heavy (non-hydrogen) atoms. The van der Waals surface area contributed by atoms with Crippen molar-refractivity contribution < 1.29 is 9.53 Å². The number of hydrogen-bond donors (Lipinski definition) is 1. The van der Waals surface area contributed by atoms with E-state index in [1.54, 1.807) is 12.5 Å². The third-order valence-electron chi connectivity index (χ3n) is 2.11. The van der Waals surface area contributed by atoms with Crippen LogP contribution in [0, 0.1) is 0 Å². The lowest BCUT2D eigenvalue weighted by molar-refractivity contribution is -0.139. The van der Waals surface area contributed by atoms with Gasteiger partial charge in [0.2, 0.25) is 0 Å². The van der Waals surface area contributed by atoms with E-state index >= 15 is 0 Å². The number of nitrogens with one attached hydrogen (secondary N) is 1. The van der Waals surface area contributed by atoms with Gasteiger partial charge in [0, 0.05) is 25.5 Å².